The molecule has 5 heteroatoms. The molecule has 1 heterocycles. The summed E-state index contributed by atoms with van der Waals surface area (Å²) < 4.78 is 1.97. The molecule has 0 aliphatic carbocycles. The van der Waals surface area contributed by atoms with Gasteiger partial charge < -0.3 is 9.88 Å². The Labute approximate surface area is 117 Å². The van der Waals surface area contributed by atoms with Crippen LogP contribution in [0.15, 0.2) is 46.7 Å². The fraction of sp³-hybridized carbons (Fsp3) is 0.286. The van der Waals surface area contributed by atoms with Crippen LogP contribution < -0.4 is 5.32 Å². The van der Waals surface area contributed by atoms with Crippen LogP contribution in [-0.4, -0.2) is 15.5 Å². The van der Waals surface area contributed by atoms with Crippen LogP contribution in [0, 0.1) is 0 Å². The Morgan fingerprint density at radius 3 is 2.68 bits per heavy atom. The molecule has 2 rings (SSSR count). The molecule has 0 aliphatic heterocycles. The molecule has 1 aromatic carbocycles. The number of nitrogens with one attached hydrogen (secondary N) is 1. The van der Waals surface area contributed by atoms with Crippen molar-refractivity contribution < 1.29 is 4.79 Å². The smallest absolute Gasteiger partial charge is 0.224 e. The Hall–Kier alpha value is -1.75. The molecule has 0 radical (unpaired) electrons. The summed E-state index contributed by atoms with van der Waals surface area (Å²) in [5, 5.41) is 3.82. The summed E-state index contributed by atoms with van der Waals surface area (Å²) in [6.45, 7) is 1.99. The van der Waals surface area contributed by atoms with Crippen LogP contribution >= 0.6 is 11.8 Å². The lowest BCUT2D eigenvalue weighted by Crippen LogP contribution is -2.10. The number of benzene rings is 1. The first-order valence-corrected chi connectivity index (χ1v) is 7.06. The normalized spacial score (nSPS) is 10.4. The van der Waals surface area contributed by atoms with Crippen LogP contribution in [0.1, 0.15) is 19.8 Å². The highest BCUT2D eigenvalue weighted by Gasteiger charge is 2.04. The first kappa shape index (κ1) is 13.7. The van der Waals surface area contributed by atoms with E-state index in [-0.39, 0.29) is 5.91 Å². The fourth-order valence-electron chi connectivity index (χ4n) is 1.61. The maximum Gasteiger partial charge on any atom is 0.224 e. The van der Waals surface area contributed by atoms with Crippen molar-refractivity contribution in [2.24, 2.45) is 7.05 Å². The molecule has 0 fully saturated rings. The van der Waals surface area contributed by atoms with Gasteiger partial charge in [0.2, 0.25) is 5.91 Å². The molecule has 1 amide bonds. The number of rotatable bonds is 5. The number of hydrogen-bond acceptors (Lipinski definition) is 3. The minimum atomic E-state index is 0.0620. The van der Waals surface area contributed by atoms with Crippen LogP contribution in [0.2, 0.25) is 0 Å². The van der Waals surface area contributed by atoms with Gasteiger partial charge in [-0.2, -0.15) is 0 Å². The van der Waals surface area contributed by atoms with Crippen LogP contribution in [0.5, 0.6) is 0 Å². The molecule has 0 spiro atoms. The molecule has 0 saturated carbocycles. The van der Waals surface area contributed by atoms with Crippen molar-refractivity contribution in [3.8, 4) is 0 Å². The zero-order valence-electron chi connectivity index (χ0n) is 11.1. The Kier molecular flexibility index (Phi) is 4.63. The number of hydrogen-bond donors (Lipinski definition) is 1. The number of carbonyl (C=O) groups is 1. The maximum atomic E-state index is 11.5. The van der Waals surface area contributed by atoms with E-state index in [0.29, 0.717) is 6.42 Å². The topological polar surface area (TPSA) is 46.9 Å². The molecule has 0 unspecified atom stereocenters. The molecule has 1 aromatic heterocycles. The van der Waals surface area contributed by atoms with E-state index in [4.69, 9.17) is 0 Å². The highest BCUT2D eigenvalue weighted by molar-refractivity contribution is 7.99. The zero-order chi connectivity index (χ0) is 13.7. The van der Waals surface area contributed by atoms with Gasteiger partial charge in [-0.15, -0.1) is 0 Å². The van der Waals surface area contributed by atoms with Crippen molar-refractivity contribution in [2.75, 3.05) is 5.32 Å². The van der Waals surface area contributed by atoms with Gasteiger partial charge in [0.25, 0.3) is 0 Å². The SMILES string of the molecule is CCCC(=O)Nc1ccc(Sc2nccn2C)cc1. The van der Waals surface area contributed by atoms with Gasteiger partial charge in [0.15, 0.2) is 5.16 Å². The Morgan fingerprint density at radius 1 is 1.37 bits per heavy atom. The molecular weight excluding hydrogens is 258 g/mol. The quantitative estimate of drug-likeness (QED) is 0.910. The first-order valence-electron chi connectivity index (χ1n) is 6.24. The molecule has 4 nitrogen and oxygen atoms in total. The van der Waals surface area contributed by atoms with Crippen molar-refractivity contribution in [1.82, 2.24) is 9.55 Å². The third-order valence-corrected chi connectivity index (χ3v) is 3.69. The van der Waals surface area contributed by atoms with Gasteiger partial charge in [0.05, 0.1) is 0 Å². The summed E-state index contributed by atoms with van der Waals surface area (Å²) in [7, 11) is 1.97. The number of aromatic nitrogens is 2. The van der Waals surface area contributed by atoms with Gasteiger partial charge in [-0.1, -0.05) is 18.7 Å². The highest BCUT2D eigenvalue weighted by atomic mass is 32.2. The van der Waals surface area contributed by atoms with Crippen LogP contribution in [0.4, 0.5) is 5.69 Å². The second-order valence-corrected chi connectivity index (χ2v) is 5.29. The van der Waals surface area contributed by atoms with E-state index in [1.165, 1.54) is 0 Å². The number of carbonyl (C=O) groups excluding carboxylic acids is 1. The third kappa shape index (κ3) is 3.86. The van der Waals surface area contributed by atoms with Gasteiger partial charge in [-0.3, -0.25) is 4.79 Å². The predicted octanol–water partition coefficient (Wildman–Crippen LogP) is 3.31. The highest BCUT2D eigenvalue weighted by Crippen LogP contribution is 2.26. The first-order chi connectivity index (χ1) is 9.19. The van der Waals surface area contributed by atoms with Gasteiger partial charge >= 0.3 is 0 Å². The van der Waals surface area contributed by atoms with Crippen LogP contribution in [0.3, 0.4) is 0 Å². The lowest BCUT2D eigenvalue weighted by molar-refractivity contribution is -0.116. The van der Waals surface area contributed by atoms with Gasteiger partial charge in [-0.25, -0.2) is 4.98 Å². The van der Waals surface area contributed by atoms with Crippen molar-refractivity contribution in [3.63, 3.8) is 0 Å². The maximum absolute atomic E-state index is 11.5. The van der Waals surface area contributed by atoms with E-state index in [9.17, 15) is 4.79 Å². The van der Waals surface area contributed by atoms with Crippen molar-refractivity contribution in [2.45, 2.75) is 29.8 Å². The molecular formula is C14H17N3OS. The molecule has 0 atom stereocenters. The number of anilines is 1. The lowest BCUT2D eigenvalue weighted by atomic mass is 10.3. The molecule has 0 bridgehead atoms. The van der Waals surface area contributed by atoms with E-state index < -0.39 is 0 Å². The number of aryl methyl sites for hydroxylation is 1. The third-order valence-electron chi connectivity index (χ3n) is 2.60. The van der Waals surface area contributed by atoms with Crippen molar-refractivity contribution in [3.05, 3.63) is 36.7 Å². The largest absolute Gasteiger partial charge is 0.329 e. The van der Waals surface area contributed by atoms with Crippen molar-refractivity contribution in [1.29, 1.82) is 0 Å². The molecule has 0 aliphatic rings. The Balaban J connectivity index is 1.98. The number of nitrogens with zero attached hydrogens (tertiary/aromatic N) is 2. The molecule has 2 aromatic rings. The van der Waals surface area contributed by atoms with E-state index in [1.807, 2.05) is 49.0 Å². The lowest BCUT2D eigenvalue weighted by Gasteiger charge is -2.06. The molecule has 19 heavy (non-hydrogen) atoms. The summed E-state index contributed by atoms with van der Waals surface area (Å²) in [4.78, 5) is 16.8. The molecule has 1 N–H and O–H groups in total. The minimum Gasteiger partial charge on any atom is -0.329 e. The fourth-order valence-corrected chi connectivity index (χ4v) is 2.41. The van der Waals surface area contributed by atoms with Crippen LogP contribution in [-0.2, 0) is 11.8 Å². The van der Waals surface area contributed by atoms with Crippen LogP contribution in [0.25, 0.3) is 0 Å². The predicted molar refractivity (Wildman–Crippen MR) is 77.3 cm³/mol. The zero-order valence-corrected chi connectivity index (χ0v) is 11.9. The van der Waals surface area contributed by atoms with Gasteiger partial charge in [0, 0.05) is 36.4 Å². The van der Waals surface area contributed by atoms with E-state index in [2.05, 4.69) is 10.3 Å². The average molecular weight is 275 g/mol. The number of imidazole rings is 1. The summed E-state index contributed by atoms with van der Waals surface area (Å²) >= 11 is 1.60. The Morgan fingerprint density at radius 2 is 2.11 bits per heavy atom. The van der Waals surface area contributed by atoms with E-state index in [1.54, 1.807) is 18.0 Å². The van der Waals surface area contributed by atoms with E-state index >= 15 is 0 Å². The van der Waals surface area contributed by atoms with Gasteiger partial charge in [0.1, 0.15) is 0 Å². The van der Waals surface area contributed by atoms with Gasteiger partial charge in [-0.05, 0) is 30.7 Å². The second kappa shape index (κ2) is 6.43. The standard InChI is InChI=1S/C14H17N3OS/c1-3-4-13(18)16-11-5-7-12(8-6-11)19-14-15-9-10-17(14)2/h5-10H,3-4H2,1-2H3,(H,16,18). The minimum absolute atomic E-state index is 0.0620. The monoisotopic (exact) mass is 275 g/mol. The Bertz CT molecular complexity index is 548. The summed E-state index contributed by atoms with van der Waals surface area (Å²) in [6, 6.07) is 7.81. The summed E-state index contributed by atoms with van der Waals surface area (Å²) in [6.07, 6.45) is 5.12. The average Bonchev–Trinajstić information content (AvgIpc) is 2.78. The number of amides is 1. The second-order valence-electron chi connectivity index (χ2n) is 4.25. The molecule has 100 valence electrons. The van der Waals surface area contributed by atoms with E-state index in [0.717, 1.165) is 22.2 Å². The van der Waals surface area contributed by atoms with Crippen molar-refractivity contribution >= 4 is 23.4 Å². The molecule has 0 saturated heterocycles. The summed E-state index contributed by atoms with van der Waals surface area (Å²) in [5.41, 5.74) is 0.836. The summed E-state index contributed by atoms with van der Waals surface area (Å²) in [5.74, 6) is 0.0620.